The summed E-state index contributed by atoms with van der Waals surface area (Å²) in [7, 11) is 0. The Morgan fingerprint density at radius 3 is 2.63 bits per heavy atom. The number of carbonyl (C=O) groups is 2. The van der Waals surface area contributed by atoms with E-state index in [2.05, 4.69) is 12.2 Å². The van der Waals surface area contributed by atoms with Crippen LogP contribution in [-0.2, 0) is 33.6 Å². The molecule has 0 aromatic heterocycles. The van der Waals surface area contributed by atoms with E-state index in [9.17, 15) is 9.59 Å². The van der Waals surface area contributed by atoms with Crippen molar-refractivity contribution in [1.82, 2.24) is 5.32 Å². The van der Waals surface area contributed by atoms with Crippen LogP contribution in [0.4, 0.5) is 0 Å². The molecule has 35 heavy (non-hydrogen) atoms. The summed E-state index contributed by atoms with van der Waals surface area (Å²) in [6.07, 6.45) is 2.30. The predicted molar refractivity (Wildman–Crippen MR) is 125 cm³/mol. The fraction of sp³-hybridized carbons (Fsp3) is 0.704. The van der Waals surface area contributed by atoms with Crippen LogP contribution in [0.3, 0.4) is 0 Å². The van der Waals surface area contributed by atoms with Crippen LogP contribution in [0.25, 0.3) is 0 Å². The van der Waals surface area contributed by atoms with Crippen molar-refractivity contribution in [2.75, 3.05) is 0 Å². The number of nitrogens with one attached hydrogen (secondary N) is 1. The molecule has 8 nitrogen and oxygen atoms in total. The average molecular weight is 488 g/mol. The van der Waals surface area contributed by atoms with E-state index in [4.69, 9.17) is 24.0 Å². The van der Waals surface area contributed by atoms with E-state index in [1.54, 1.807) is 0 Å². The van der Waals surface area contributed by atoms with Gasteiger partial charge in [-0.3, -0.25) is 9.59 Å². The molecule has 2 bridgehead atoms. The van der Waals surface area contributed by atoms with Gasteiger partial charge in [0.1, 0.15) is 0 Å². The van der Waals surface area contributed by atoms with Crippen LogP contribution in [0.1, 0.15) is 77.8 Å². The molecule has 4 aliphatic heterocycles. The van der Waals surface area contributed by atoms with E-state index in [0.29, 0.717) is 5.92 Å². The molecule has 1 N–H and O–H groups in total. The van der Waals surface area contributed by atoms with Gasteiger partial charge in [0.25, 0.3) is 0 Å². The molecule has 192 valence electrons. The van der Waals surface area contributed by atoms with E-state index in [-0.39, 0.29) is 42.5 Å². The van der Waals surface area contributed by atoms with Crippen molar-refractivity contribution in [3.05, 3.63) is 35.9 Å². The van der Waals surface area contributed by atoms with Crippen LogP contribution >= 0.6 is 0 Å². The van der Waals surface area contributed by atoms with Gasteiger partial charge in [0.05, 0.1) is 12.5 Å². The second-order valence-electron chi connectivity index (χ2n) is 11.0. The van der Waals surface area contributed by atoms with Gasteiger partial charge in [-0.25, -0.2) is 9.78 Å². The van der Waals surface area contributed by atoms with Crippen molar-refractivity contribution in [3.63, 3.8) is 0 Å². The zero-order valence-corrected chi connectivity index (χ0v) is 21.0. The molecule has 5 fully saturated rings. The number of ether oxygens (including phenoxy) is 3. The Labute approximate surface area is 206 Å². The van der Waals surface area contributed by atoms with E-state index >= 15 is 0 Å². The normalized spacial score (nSPS) is 40.8. The van der Waals surface area contributed by atoms with Crippen LogP contribution in [0, 0.1) is 23.7 Å². The van der Waals surface area contributed by atoms with Crippen molar-refractivity contribution in [2.24, 2.45) is 23.7 Å². The maximum Gasteiger partial charge on any atom is 0.308 e. The molecule has 9 atom stereocenters. The highest BCUT2D eigenvalue weighted by atomic mass is 17.3. The predicted octanol–water partition coefficient (Wildman–Crippen LogP) is 4.40. The summed E-state index contributed by atoms with van der Waals surface area (Å²) >= 11 is 0. The van der Waals surface area contributed by atoms with Gasteiger partial charge in [-0.05, 0) is 50.5 Å². The minimum Gasteiger partial charge on any atom is -0.435 e. The summed E-state index contributed by atoms with van der Waals surface area (Å²) in [5.41, 5.74) is 0.322. The summed E-state index contributed by atoms with van der Waals surface area (Å²) in [6, 6.07) is 9.58. The minimum atomic E-state index is -0.875. The molecule has 8 heteroatoms. The fourth-order valence-electron chi connectivity index (χ4n) is 6.55. The Morgan fingerprint density at radius 2 is 1.86 bits per heavy atom. The second-order valence-corrected chi connectivity index (χ2v) is 11.0. The highest BCUT2D eigenvalue weighted by Gasteiger charge is 2.69. The van der Waals surface area contributed by atoms with Gasteiger partial charge < -0.3 is 19.5 Å². The first kappa shape index (κ1) is 24.7. The Morgan fingerprint density at radius 1 is 1.09 bits per heavy atom. The standard InChI is InChI=1S/C27H37NO7/c1-16-10-11-21-17(2)24(32-25-27(21)20(16)14-15-26(4,33-25)34-35-27)31-23(30)13-12-22(29)28-18(3)19-8-6-5-7-9-19/h5-9,16-18,20-21,24-25H,10-15H2,1-4H3,(H,28,29)/t16-,17-,18+,20+,21+,24-,25-,26-,27-/m1/s1. The molecule has 1 saturated carbocycles. The lowest BCUT2D eigenvalue weighted by Crippen LogP contribution is -2.70. The molecular formula is C27H37NO7. The van der Waals surface area contributed by atoms with Crippen molar-refractivity contribution < 1.29 is 33.6 Å². The lowest BCUT2D eigenvalue weighted by molar-refractivity contribution is -0.576. The fourth-order valence-corrected chi connectivity index (χ4v) is 6.55. The zero-order valence-electron chi connectivity index (χ0n) is 21.0. The zero-order chi connectivity index (χ0) is 24.8. The van der Waals surface area contributed by atoms with E-state index in [0.717, 1.165) is 31.2 Å². The Bertz CT molecular complexity index is 941. The van der Waals surface area contributed by atoms with Crippen molar-refractivity contribution >= 4 is 11.9 Å². The first-order valence-electron chi connectivity index (χ1n) is 13.0. The summed E-state index contributed by atoms with van der Waals surface area (Å²) < 4.78 is 18.4. The first-order valence-corrected chi connectivity index (χ1v) is 13.0. The molecule has 1 aromatic carbocycles. The molecule has 5 aliphatic rings. The molecule has 1 aromatic rings. The van der Waals surface area contributed by atoms with Gasteiger partial charge >= 0.3 is 5.97 Å². The topological polar surface area (TPSA) is 92.3 Å². The summed E-state index contributed by atoms with van der Waals surface area (Å²) in [5.74, 6) is -0.812. The number of hydrogen-bond acceptors (Lipinski definition) is 7. The van der Waals surface area contributed by atoms with Crippen molar-refractivity contribution in [1.29, 1.82) is 0 Å². The number of carbonyl (C=O) groups excluding carboxylic acids is 2. The van der Waals surface area contributed by atoms with Crippen LogP contribution < -0.4 is 5.32 Å². The highest BCUT2D eigenvalue weighted by molar-refractivity contribution is 5.81. The maximum absolute atomic E-state index is 12.7. The van der Waals surface area contributed by atoms with E-state index in [1.165, 1.54) is 0 Å². The number of hydrogen-bond donors (Lipinski definition) is 1. The average Bonchev–Trinajstić information content (AvgIpc) is 3.07. The lowest BCUT2D eigenvalue weighted by Gasteiger charge is -2.59. The number of fused-ring (bicyclic) bond motifs is 2. The summed E-state index contributed by atoms with van der Waals surface area (Å²) in [4.78, 5) is 37.1. The van der Waals surface area contributed by atoms with Gasteiger partial charge in [-0.1, -0.05) is 44.2 Å². The number of amides is 1. The smallest absolute Gasteiger partial charge is 0.308 e. The van der Waals surface area contributed by atoms with Gasteiger partial charge in [0.2, 0.25) is 18.0 Å². The minimum absolute atomic E-state index is 0.0156. The maximum atomic E-state index is 12.7. The largest absolute Gasteiger partial charge is 0.435 e. The monoisotopic (exact) mass is 487 g/mol. The molecule has 0 radical (unpaired) electrons. The van der Waals surface area contributed by atoms with Gasteiger partial charge in [0, 0.05) is 24.7 Å². The Balaban J connectivity index is 1.21. The molecule has 4 saturated heterocycles. The van der Waals surface area contributed by atoms with Gasteiger partial charge in [-0.2, -0.15) is 0 Å². The molecule has 4 heterocycles. The van der Waals surface area contributed by atoms with Crippen LogP contribution in [0.5, 0.6) is 0 Å². The van der Waals surface area contributed by atoms with Crippen LogP contribution in [0.2, 0.25) is 0 Å². The molecule has 1 amide bonds. The van der Waals surface area contributed by atoms with Crippen LogP contribution in [-0.4, -0.2) is 35.8 Å². The molecule has 0 unspecified atom stereocenters. The van der Waals surface area contributed by atoms with Gasteiger partial charge in [-0.15, -0.1) is 0 Å². The third-order valence-corrected chi connectivity index (χ3v) is 8.58. The summed E-state index contributed by atoms with van der Waals surface area (Å²) in [5, 5.41) is 2.93. The number of benzene rings is 1. The SMILES string of the molecule is C[C@H]1[C@H](OC(=O)CCC(=O)N[C@@H](C)c2ccccc2)O[C@@H]2O[C@@]3(C)CC[C@H]4[C@H](C)CC[C@@H]1[C@@]24OO3. The highest BCUT2D eigenvalue weighted by Crippen LogP contribution is 2.60. The molecular weight excluding hydrogens is 450 g/mol. The number of esters is 1. The third-order valence-electron chi connectivity index (χ3n) is 8.58. The van der Waals surface area contributed by atoms with Crippen LogP contribution in [0.15, 0.2) is 30.3 Å². The quantitative estimate of drug-likeness (QED) is 0.470. The van der Waals surface area contributed by atoms with Crippen molar-refractivity contribution in [3.8, 4) is 0 Å². The molecule has 1 spiro atoms. The summed E-state index contributed by atoms with van der Waals surface area (Å²) in [6.45, 7) is 8.09. The Kier molecular flexibility index (Phi) is 6.68. The second kappa shape index (κ2) is 9.47. The molecule has 1 aliphatic carbocycles. The third kappa shape index (κ3) is 4.50. The lowest BCUT2D eigenvalue weighted by atomic mass is 9.58. The first-order chi connectivity index (χ1) is 16.7. The number of rotatable bonds is 6. The van der Waals surface area contributed by atoms with E-state index in [1.807, 2.05) is 51.1 Å². The Hall–Kier alpha value is -2.00. The van der Waals surface area contributed by atoms with Crippen molar-refractivity contribution in [2.45, 2.75) is 96.2 Å². The molecule has 6 rings (SSSR count). The van der Waals surface area contributed by atoms with Gasteiger partial charge in [0.15, 0.2) is 11.9 Å². The van der Waals surface area contributed by atoms with E-state index < -0.39 is 29.9 Å².